The summed E-state index contributed by atoms with van der Waals surface area (Å²) in [5, 5.41) is 13.9. The van der Waals surface area contributed by atoms with Crippen molar-refractivity contribution in [3.8, 4) is 0 Å². The first-order valence-electron chi connectivity index (χ1n) is 6.72. The lowest BCUT2D eigenvalue weighted by Crippen LogP contribution is -2.49. The number of rotatable bonds is 6. The molecule has 108 valence electrons. The van der Waals surface area contributed by atoms with Gasteiger partial charge in [0.2, 0.25) is 11.8 Å². The highest BCUT2D eigenvalue weighted by Gasteiger charge is 2.25. The number of hydrogen-bond donors (Lipinski definition) is 3. The zero-order valence-corrected chi connectivity index (χ0v) is 11.4. The third-order valence-electron chi connectivity index (χ3n) is 3.35. The molecule has 3 N–H and O–H groups in total. The molecule has 1 fully saturated rings. The summed E-state index contributed by atoms with van der Waals surface area (Å²) in [6.07, 6.45) is 3.77. The fourth-order valence-corrected chi connectivity index (χ4v) is 2.27. The first-order chi connectivity index (χ1) is 8.90. The maximum atomic E-state index is 11.8. The number of aliphatic carboxylic acids is 1. The fraction of sp³-hybridized carbons (Fsp3) is 0.769. The van der Waals surface area contributed by atoms with Crippen molar-refractivity contribution in [3.05, 3.63) is 0 Å². The van der Waals surface area contributed by atoms with Crippen LogP contribution in [0.2, 0.25) is 0 Å². The summed E-state index contributed by atoms with van der Waals surface area (Å²) in [5.74, 6) is -1.37. The van der Waals surface area contributed by atoms with Crippen molar-refractivity contribution in [2.75, 3.05) is 0 Å². The summed E-state index contributed by atoms with van der Waals surface area (Å²) >= 11 is 0. The maximum absolute atomic E-state index is 11.8. The predicted molar refractivity (Wildman–Crippen MR) is 69.4 cm³/mol. The van der Waals surface area contributed by atoms with E-state index in [1.165, 1.54) is 0 Å². The Morgan fingerprint density at radius 3 is 2.26 bits per heavy atom. The number of carboxylic acid groups (broad SMARTS) is 1. The standard InChI is InChI=1S/C13H22N2O4/c1-8(7-11(16)17)14-12(18)9(2)15-13(19)10-5-3-4-6-10/h8-10H,3-7H2,1-2H3,(H,14,18)(H,15,19)(H,16,17). The van der Waals surface area contributed by atoms with E-state index in [1.54, 1.807) is 13.8 Å². The van der Waals surface area contributed by atoms with Gasteiger partial charge in [-0.3, -0.25) is 14.4 Å². The van der Waals surface area contributed by atoms with Crippen molar-refractivity contribution in [2.45, 2.75) is 58.0 Å². The average Bonchev–Trinajstić information content (AvgIpc) is 2.80. The monoisotopic (exact) mass is 270 g/mol. The predicted octanol–water partition coefficient (Wildman–Crippen LogP) is 0.661. The number of carbonyl (C=O) groups is 3. The van der Waals surface area contributed by atoms with Gasteiger partial charge in [0.25, 0.3) is 0 Å². The molecule has 1 aliphatic rings. The first-order valence-corrected chi connectivity index (χ1v) is 6.72. The smallest absolute Gasteiger partial charge is 0.305 e. The molecule has 6 nitrogen and oxygen atoms in total. The van der Waals surface area contributed by atoms with Crippen molar-refractivity contribution < 1.29 is 19.5 Å². The van der Waals surface area contributed by atoms with E-state index in [0.717, 1.165) is 25.7 Å². The van der Waals surface area contributed by atoms with E-state index in [0.29, 0.717) is 0 Å². The Balaban J connectivity index is 2.35. The van der Waals surface area contributed by atoms with Crippen LogP contribution < -0.4 is 10.6 Å². The third-order valence-corrected chi connectivity index (χ3v) is 3.35. The zero-order valence-electron chi connectivity index (χ0n) is 11.4. The van der Waals surface area contributed by atoms with E-state index in [2.05, 4.69) is 10.6 Å². The lowest BCUT2D eigenvalue weighted by atomic mass is 10.1. The lowest BCUT2D eigenvalue weighted by molar-refractivity contribution is -0.138. The molecule has 0 aromatic heterocycles. The van der Waals surface area contributed by atoms with E-state index in [1.807, 2.05) is 0 Å². The van der Waals surface area contributed by atoms with Gasteiger partial charge in [-0.2, -0.15) is 0 Å². The Hall–Kier alpha value is -1.59. The van der Waals surface area contributed by atoms with Crippen LogP contribution in [-0.4, -0.2) is 35.0 Å². The maximum Gasteiger partial charge on any atom is 0.305 e. The minimum atomic E-state index is -0.963. The Bertz CT molecular complexity index is 351. The average molecular weight is 270 g/mol. The van der Waals surface area contributed by atoms with E-state index >= 15 is 0 Å². The van der Waals surface area contributed by atoms with Crippen molar-refractivity contribution >= 4 is 17.8 Å². The van der Waals surface area contributed by atoms with Crippen LogP contribution in [0.25, 0.3) is 0 Å². The fourth-order valence-electron chi connectivity index (χ4n) is 2.27. The molecule has 0 radical (unpaired) electrons. The molecule has 2 unspecified atom stereocenters. The minimum Gasteiger partial charge on any atom is -0.481 e. The van der Waals surface area contributed by atoms with Gasteiger partial charge in [-0.25, -0.2) is 0 Å². The van der Waals surface area contributed by atoms with Crippen LogP contribution in [0.5, 0.6) is 0 Å². The zero-order chi connectivity index (χ0) is 14.4. The molecule has 0 spiro atoms. The highest BCUT2D eigenvalue weighted by Crippen LogP contribution is 2.24. The minimum absolute atomic E-state index is 0.0201. The lowest BCUT2D eigenvalue weighted by Gasteiger charge is -2.19. The number of carbonyl (C=O) groups excluding carboxylic acids is 2. The number of hydrogen-bond acceptors (Lipinski definition) is 3. The van der Waals surface area contributed by atoms with E-state index in [-0.39, 0.29) is 24.2 Å². The van der Waals surface area contributed by atoms with E-state index in [4.69, 9.17) is 5.11 Å². The van der Waals surface area contributed by atoms with Gasteiger partial charge in [-0.05, 0) is 26.7 Å². The molecule has 1 rings (SSSR count). The molecule has 0 bridgehead atoms. The molecule has 0 heterocycles. The van der Waals surface area contributed by atoms with E-state index < -0.39 is 18.1 Å². The molecule has 0 aliphatic heterocycles. The highest BCUT2D eigenvalue weighted by molar-refractivity contribution is 5.88. The topological polar surface area (TPSA) is 95.5 Å². The molecule has 6 heteroatoms. The second kappa shape index (κ2) is 7.11. The molecular weight excluding hydrogens is 248 g/mol. The van der Waals surface area contributed by atoms with Gasteiger partial charge in [0.1, 0.15) is 6.04 Å². The van der Waals surface area contributed by atoms with Gasteiger partial charge in [-0.1, -0.05) is 12.8 Å². The molecule has 1 aliphatic carbocycles. The van der Waals surface area contributed by atoms with E-state index in [9.17, 15) is 14.4 Å². The molecule has 2 atom stereocenters. The van der Waals surface area contributed by atoms with Crippen LogP contribution >= 0.6 is 0 Å². The summed E-state index contributed by atoms with van der Waals surface area (Å²) < 4.78 is 0. The van der Waals surface area contributed by atoms with Gasteiger partial charge in [0.15, 0.2) is 0 Å². The second-order valence-electron chi connectivity index (χ2n) is 5.22. The Kier molecular flexibility index (Phi) is 5.79. The third kappa shape index (κ3) is 5.28. The number of nitrogens with one attached hydrogen (secondary N) is 2. The summed E-state index contributed by atoms with van der Waals surface area (Å²) in [5.41, 5.74) is 0. The van der Waals surface area contributed by atoms with Gasteiger partial charge in [0, 0.05) is 12.0 Å². The normalized spacial score (nSPS) is 18.6. The molecule has 0 saturated heterocycles. The molecule has 2 amide bonds. The summed E-state index contributed by atoms with van der Waals surface area (Å²) in [6, 6.07) is -1.08. The number of amides is 2. The Labute approximate surface area is 112 Å². The van der Waals surface area contributed by atoms with Gasteiger partial charge in [0.05, 0.1) is 6.42 Å². The van der Waals surface area contributed by atoms with Gasteiger partial charge in [-0.15, -0.1) is 0 Å². The molecular formula is C13H22N2O4. The van der Waals surface area contributed by atoms with Crippen molar-refractivity contribution in [2.24, 2.45) is 5.92 Å². The van der Waals surface area contributed by atoms with Crippen molar-refractivity contribution in [1.29, 1.82) is 0 Å². The molecule has 19 heavy (non-hydrogen) atoms. The van der Waals surface area contributed by atoms with Gasteiger partial charge >= 0.3 is 5.97 Å². The SMILES string of the molecule is CC(CC(=O)O)NC(=O)C(C)NC(=O)C1CCCC1. The highest BCUT2D eigenvalue weighted by atomic mass is 16.4. The van der Waals surface area contributed by atoms with Crippen LogP contribution in [0.15, 0.2) is 0 Å². The van der Waals surface area contributed by atoms with Crippen molar-refractivity contribution in [1.82, 2.24) is 10.6 Å². The summed E-state index contributed by atoms with van der Waals surface area (Å²) in [4.78, 5) is 34.1. The quantitative estimate of drug-likeness (QED) is 0.660. The summed E-state index contributed by atoms with van der Waals surface area (Å²) in [7, 11) is 0. The van der Waals surface area contributed by atoms with Crippen LogP contribution in [-0.2, 0) is 14.4 Å². The summed E-state index contributed by atoms with van der Waals surface area (Å²) in [6.45, 7) is 3.23. The van der Waals surface area contributed by atoms with Crippen LogP contribution in [0.3, 0.4) is 0 Å². The Morgan fingerprint density at radius 1 is 1.16 bits per heavy atom. The molecule has 1 saturated carbocycles. The van der Waals surface area contributed by atoms with Crippen molar-refractivity contribution in [3.63, 3.8) is 0 Å². The van der Waals surface area contributed by atoms with Crippen LogP contribution in [0, 0.1) is 5.92 Å². The Morgan fingerprint density at radius 2 is 1.74 bits per heavy atom. The number of carboxylic acids is 1. The van der Waals surface area contributed by atoms with Crippen LogP contribution in [0.4, 0.5) is 0 Å². The first kappa shape index (κ1) is 15.5. The molecule has 0 aromatic carbocycles. The van der Waals surface area contributed by atoms with Crippen LogP contribution in [0.1, 0.15) is 46.0 Å². The largest absolute Gasteiger partial charge is 0.481 e. The van der Waals surface area contributed by atoms with Gasteiger partial charge < -0.3 is 15.7 Å². The molecule has 0 aromatic rings. The second-order valence-corrected chi connectivity index (χ2v) is 5.22.